The van der Waals surface area contributed by atoms with E-state index in [1.807, 2.05) is 11.8 Å². The van der Waals surface area contributed by atoms with Gasteiger partial charge in [-0.3, -0.25) is 0 Å². The molecule has 0 unspecified atom stereocenters. The minimum atomic E-state index is -0.413. The summed E-state index contributed by atoms with van der Waals surface area (Å²) >= 11 is 1.94. The maximum Gasteiger partial charge on any atom is 0.0735 e. The lowest BCUT2D eigenvalue weighted by Crippen LogP contribution is -2.32. The zero-order valence-electron chi connectivity index (χ0n) is 28.8. The molecule has 1 aromatic heterocycles. The molecule has 2 heteroatoms. The lowest BCUT2D eigenvalue weighted by atomic mass is 9.67. The highest BCUT2D eigenvalue weighted by atomic mass is 32.2. The second kappa shape index (κ2) is 10.8. The largest absolute Gasteiger partial charge is 0.309 e. The summed E-state index contributed by atoms with van der Waals surface area (Å²) in [4.78, 5) is 2.67. The number of aromatic nitrogens is 1. The van der Waals surface area contributed by atoms with Crippen LogP contribution in [0.1, 0.15) is 22.3 Å². The van der Waals surface area contributed by atoms with Gasteiger partial charge in [-0.1, -0.05) is 176 Å². The summed E-state index contributed by atoms with van der Waals surface area (Å²) in [7, 11) is 0. The SMILES string of the molecule is c1ccc2c(c1)Sc1c(ccc3c1c1ccc4ccccc4c1n3-c1ccc(-c3cccc4ccccc34)cc1)C21c2ccccc2-c2ccccc21. The van der Waals surface area contributed by atoms with Crippen molar-refractivity contribution in [1.29, 1.82) is 0 Å². The van der Waals surface area contributed by atoms with Crippen molar-refractivity contribution in [2.75, 3.05) is 0 Å². The van der Waals surface area contributed by atoms with Crippen LogP contribution in [0.4, 0.5) is 0 Å². The first-order valence-corrected chi connectivity index (χ1v) is 19.2. The van der Waals surface area contributed by atoms with Gasteiger partial charge in [0.05, 0.1) is 16.4 Å². The second-order valence-corrected chi connectivity index (χ2v) is 15.4. The molecule has 0 saturated heterocycles. The van der Waals surface area contributed by atoms with Gasteiger partial charge in [-0.15, -0.1) is 0 Å². The van der Waals surface area contributed by atoms with Crippen molar-refractivity contribution in [3.8, 4) is 27.9 Å². The Balaban J connectivity index is 1.18. The number of hydrogen-bond donors (Lipinski definition) is 0. The molecule has 0 atom stereocenters. The zero-order valence-corrected chi connectivity index (χ0v) is 29.6. The van der Waals surface area contributed by atoms with Gasteiger partial charge in [0.2, 0.25) is 0 Å². The third-order valence-electron chi connectivity index (χ3n) is 11.9. The molecule has 1 aliphatic heterocycles. The Morgan fingerprint density at radius 2 is 1.00 bits per heavy atom. The molecule has 0 radical (unpaired) electrons. The van der Waals surface area contributed by atoms with Crippen molar-refractivity contribution >= 4 is 55.1 Å². The van der Waals surface area contributed by atoms with E-state index < -0.39 is 5.41 Å². The fourth-order valence-corrected chi connectivity index (χ4v) is 11.1. The molecule has 0 saturated carbocycles. The fraction of sp³-hybridized carbons (Fsp3) is 0.0196. The van der Waals surface area contributed by atoms with Gasteiger partial charge in [-0.25, -0.2) is 0 Å². The molecule has 9 aromatic carbocycles. The molecule has 1 aliphatic carbocycles. The van der Waals surface area contributed by atoms with Crippen LogP contribution in [0.5, 0.6) is 0 Å². The highest BCUT2D eigenvalue weighted by Gasteiger charge is 2.50. The van der Waals surface area contributed by atoms with Gasteiger partial charge in [0.25, 0.3) is 0 Å². The van der Waals surface area contributed by atoms with Gasteiger partial charge in [-0.2, -0.15) is 0 Å². The van der Waals surface area contributed by atoms with Crippen LogP contribution < -0.4 is 0 Å². The lowest BCUT2D eigenvalue weighted by molar-refractivity contribution is 0.726. The van der Waals surface area contributed by atoms with Crippen LogP contribution >= 0.6 is 11.8 Å². The number of benzene rings is 9. The maximum absolute atomic E-state index is 2.52. The van der Waals surface area contributed by atoms with Gasteiger partial charge in [0.1, 0.15) is 0 Å². The Morgan fingerprint density at radius 3 is 1.77 bits per heavy atom. The van der Waals surface area contributed by atoms with Crippen molar-refractivity contribution in [3.05, 3.63) is 210 Å². The number of fused-ring (bicyclic) bond motifs is 16. The van der Waals surface area contributed by atoms with E-state index in [0.29, 0.717) is 0 Å². The topological polar surface area (TPSA) is 4.93 Å². The average Bonchev–Trinajstić information content (AvgIpc) is 3.73. The highest BCUT2D eigenvalue weighted by molar-refractivity contribution is 7.99. The first kappa shape index (κ1) is 29.3. The van der Waals surface area contributed by atoms with E-state index in [1.165, 1.54) is 97.6 Å². The number of nitrogens with zero attached hydrogens (tertiary/aromatic N) is 1. The summed E-state index contributed by atoms with van der Waals surface area (Å²) in [5, 5.41) is 7.66. The van der Waals surface area contributed by atoms with Gasteiger partial charge >= 0.3 is 0 Å². The molecule has 0 bridgehead atoms. The molecule has 12 rings (SSSR count). The van der Waals surface area contributed by atoms with Crippen molar-refractivity contribution in [3.63, 3.8) is 0 Å². The standard InChI is InChI=1S/C51H31NS/c1-3-15-36-32(12-1)14-11-19-37(36)34-24-27-35(28-25-34)52-46-31-30-45-50(48(46)41-29-26-33-13-2-4-16-38(33)49(41)52)53-47-23-10-9-22-44(47)51(45)42-20-7-5-17-39(42)40-18-6-8-21-43(40)51/h1-31H. The van der Waals surface area contributed by atoms with Crippen LogP contribution in [0.2, 0.25) is 0 Å². The third kappa shape index (κ3) is 3.83. The van der Waals surface area contributed by atoms with E-state index in [4.69, 9.17) is 0 Å². The van der Waals surface area contributed by atoms with Crippen molar-refractivity contribution in [2.24, 2.45) is 0 Å². The van der Waals surface area contributed by atoms with Crippen LogP contribution in [0.3, 0.4) is 0 Å². The number of hydrogen-bond acceptors (Lipinski definition) is 1. The summed E-state index contributed by atoms with van der Waals surface area (Å²) in [5.41, 5.74) is 13.8. The molecule has 53 heavy (non-hydrogen) atoms. The minimum absolute atomic E-state index is 0.413. The minimum Gasteiger partial charge on any atom is -0.309 e. The molecule has 2 heterocycles. The van der Waals surface area contributed by atoms with Gasteiger partial charge in [0, 0.05) is 31.6 Å². The van der Waals surface area contributed by atoms with Crippen LogP contribution in [0.25, 0.3) is 71.3 Å². The zero-order chi connectivity index (χ0) is 34.7. The summed E-state index contributed by atoms with van der Waals surface area (Å²) in [6, 6.07) is 70.1. The molecular weight excluding hydrogens is 659 g/mol. The molecule has 246 valence electrons. The molecule has 1 spiro atoms. The Hall–Kier alpha value is -6.35. The Labute approximate surface area is 311 Å². The van der Waals surface area contributed by atoms with Crippen molar-refractivity contribution < 1.29 is 0 Å². The van der Waals surface area contributed by atoms with E-state index in [0.717, 1.165) is 5.69 Å². The van der Waals surface area contributed by atoms with Gasteiger partial charge in [0.15, 0.2) is 0 Å². The smallest absolute Gasteiger partial charge is 0.0735 e. The normalized spacial score (nSPS) is 13.7. The lowest BCUT2D eigenvalue weighted by Gasteiger charge is -2.40. The summed E-state index contributed by atoms with van der Waals surface area (Å²) in [5.74, 6) is 0. The summed E-state index contributed by atoms with van der Waals surface area (Å²) < 4.78 is 2.52. The van der Waals surface area contributed by atoms with E-state index in [1.54, 1.807) is 0 Å². The average molecular weight is 690 g/mol. The molecular formula is C51H31NS. The first-order valence-electron chi connectivity index (χ1n) is 18.4. The van der Waals surface area contributed by atoms with Crippen LogP contribution in [0, 0.1) is 0 Å². The third-order valence-corrected chi connectivity index (χ3v) is 13.1. The fourth-order valence-electron chi connectivity index (χ4n) is 9.71. The first-order chi connectivity index (χ1) is 26.3. The molecule has 10 aromatic rings. The Kier molecular flexibility index (Phi) is 5.98. The molecule has 0 amide bonds. The van der Waals surface area contributed by atoms with E-state index >= 15 is 0 Å². The monoisotopic (exact) mass is 689 g/mol. The second-order valence-electron chi connectivity index (χ2n) is 14.4. The van der Waals surface area contributed by atoms with Crippen molar-refractivity contribution in [1.82, 2.24) is 4.57 Å². The highest BCUT2D eigenvalue weighted by Crippen LogP contribution is 2.63. The van der Waals surface area contributed by atoms with Crippen LogP contribution in [0.15, 0.2) is 198 Å². The van der Waals surface area contributed by atoms with E-state index in [-0.39, 0.29) is 0 Å². The summed E-state index contributed by atoms with van der Waals surface area (Å²) in [6.07, 6.45) is 0. The number of rotatable bonds is 2. The Morgan fingerprint density at radius 1 is 0.396 bits per heavy atom. The predicted octanol–water partition coefficient (Wildman–Crippen LogP) is 13.6. The van der Waals surface area contributed by atoms with Gasteiger partial charge in [-0.05, 0) is 84.9 Å². The molecule has 0 N–H and O–H groups in total. The van der Waals surface area contributed by atoms with Crippen LogP contribution in [-0.2, 0) is 5.41 Å². The van der Waals surface area contributed by atoms with E-state index in [9.17, 15) is 0 Å². The maximum atomic E-state index is 2.52. The molecule has 1 nitrogen and oxygen atoms in total. The molecule has 0 fully saturated rings. The summed E-state index contributed by atoms with van der Waals surface area (Å²) in [6.45, 7) is 0. The van der Waals surface area contributed by atoms with Crippen molar-refractivity contribution in [2.45, 2.75) is 15.2 Å². The predicted molar refractivity (Wildman–Crippen MR) is 223 cm³/mol. The van der Waals surface area contributed by atoms with E-state index in [2.05, 4.69) is 193 Å². The van der Waals surface area contributed by atoms with Crippen LogP contribution in [-0.4, -0.2) is 4.57 Å². The molecule has 2 aliphatic rings. The quantitative estimate of drug-likeness (QED) is 0.175. The van der Waals surface area contributed by atoms with Gasteiger partial charge < -0.3 is 4.57 Å². The Bertz CT molecular complexity index is 3100.